The summed E-state index contributed by atoms with van der Waals surface area (Å²) in [6.07, 6.45) is 0. The first-order chi connectivity index (χ1) is 7.56. The maximum atomic E-state index is 11.2. The van der Waals surface area contributed by atoms with Crippen molar-refractivity contribution < 1.29 is 9.59 Å². The van der Waals surface area contributed by atoms with Crippen LogP contribution in [0.5, 0.6) is 0 Å². The van der Waals surface area contributed by atoms with Gasteiger partial charge in [-0.2, -0.15) is 0 Å². The van der Waals surface area contributed by atoms with Crippen molar-refractivity contribution in [3.8, 4) is 0 Å². The third-order valence-corrected chi connectivity index (χ3v) is 3.30. The highest BCUT2D eigenvalue weighted by Crippen LogP contribution is 2.26. The molecule has 0 bridgehead atoms. The number of halogens is 2. The first-order valence-corrected chi connectivity index (χ1v) is 6.04. The second-order valence-electron chi connectivity index (χ2n) is 3.42. The van der Waals surface area contributed by atoms with E-state index in [-0.39, 0.29) is 24.9 Å². The fourth-order valence-corrected chi connectivity index (χ4v) is 2.76. The van der Waals surface area contributed by atoms with E-state index in [2.05, 4.69) is 27.9 Å². The summed E-state index contributed by atoms with van der Waals surface area (Å²) in [5, 5.41) is 2.90. The summed E-state index contributed by atoms with van der Waals surface area (Å²) in [6, 6.07) is 5.36. The Hall–Kier alpha value is -0.820. The van der Waals surface area contributed by atoms with Gasteiger partial charge in [-0.25, -0.2) is 0 Å². The van der Waals surface area contributed by atoms with Crippen molar-refractivity contribution in [1.29, 1.82) is 0 Å². The molecule has 84 valence electrons. The van der Waals surface area contributed by atoms with E-state index in [1.54, 1.807) is 17.0 Å². The molecule has 0 aliphatic carbocycles. The predicted octanol–water partition coefficient (Wildman–Crippen LogP) is 1.41. The summed E-state index contributed by atoms with van der Waals surface area (Å²) in [5.41, 5.74) is 0.855. The van der Waals surface area contributed by atoms with Crippen molar-refractivity contribution in [1.82, 2.24) is 5.32 Å². The standard InChI is InChI=1S/C10H8ClIN2O2/c11-6-1-2-8(7(12)3-6)14-4-9(15)13-10(16)5-14/h1-3H,4-5H2,(H,13,15,16). The molecule has 1 aliphatic rings. The maximum absolute atomic E-state index is 11.2. The Balaban J connectivity index is 2.29. The molecular formula is C10H8ClIN2O2. The summed E-state index contributed by atoms with van der Waals surface area (Å²) >= 11 is 7.98. The largest absolute Gasteiger partial charge is 0.352 e. The lowest BCUT2D eigenvalue weighted by Crippen LogP contribution is -2.51. The van der Waals surface area contributed by atoms with E-state index in [0.29, 0.717) is 5.02 Å². The molecule has 1 aliphatic heterocycles. The first-order valence-electron chi connectivity index (χ1n) is 4.59. The second kappa shape index (κ2) is 4.58. The number of benzene rings is 1. The molecule has 0 aromatic heterocycles. The molecule has 4 nitrogen and oxygen atoms in total. The maximum Gasteiger partial charge on any atom is 0.246 e. The number of carbonyl (C=O) groups is 2. The average molecular weight is 351 g/mol. The number of rotatable bonds is 1. The molecule has 1 aromatic rings. The highest BCUT2D eigenvalue weighted by Gasteiger charge is 2.23. The molecule has 0 radical (unpaired) electrons. The van der Waals surface area contributed by atoms with Gasteiger partial charge in [0.05, 0.1) is 18.8 Å². The Kier molecular flexibility index (Phi) is 3.34. The van der Waals surface area contributed by atoms with Crippen molar-refractivity contribution in [2.75, 3.05) is 18.0 Å². The van der Waals surface area contributed by atoms with Crippen molar-refractivity contribution >= 4 is 51.7 Å². The molecule has 2 rings (SSSR count). The van der Waals surface area contributed by atoms with Crippen LogP contribution in [0.4, 0.5) is 5.69 Å². The van der Waals surface area contributed by atoms with E-state index in [0.717, 1.165) is 9.26 Å². The number of amides is 2. The second-order valence-corrected chi connectivity index (χ2v) is 5.02. The lowest BCUT2D eigenvalue weighted by atomic mass is 10.2. The number of hydrogen-bond donors (Lipinski definition) is 1. The number of carbonyl (C=O) groups excluding carboxylic acids is 2. The zero-order valence-electron chi connectivity index (χ0n) is 8.17. The summed E-state index contributed by atoms with van der Waals surface area (Å²) in [7, 11) is 0. The SMILES string of the molecule is O=C1CN(c2ccc(Cl)cc2I)CC(=O)N1. The Morgan fingerprint density at radius 1 is 1.25 bits per heavy atom. The van der Waals surface area contributed by atoms with Gasteiger partial charge in [-0.1, -0.05) is 11.6 Å². The minimum atomic E-state index is -0.276. The fourth-order valence-electron chi connectivity index (χ4n) is 1.55. The van der Waals surface area contributed by atoms with E-state index in [1.165, 1.54) is 0 Å². The minimum absolute atomic E-state index is 0.198. The van der Waals surface area contributed by atoms with E-state index in [4.69, 9.17) is 11.6 Å². The number of nitrogens with one attached hydrogen (secondary N) is 1. The molecule has 1 aromatic carbocycles. The topological polar surface area (TPSA) is 49.4 Å². The number of piperazine rings is 1. The molecule has 1 saturated heterocycles. The number of hydrogen-bond acceptors (Lipinski definition) is 3. The molecule has 1 heterocycles. The normalized spacial score (nSPS) is 16.2. The molecule has 16 heavy (non-hydrogen) atoms. The highest BCUT2D eigenvalue weighted by molar-refractivity contribution is 14.1. The van der Waals surface area contributed by atoms with Crippen LogP contribution in [0.15, 0.2) is 18.2 Å². The molecule has 1 fully saturated rings. The molecule has 6 heteroatoms. The van der Waals surface area contributed by atoms with Gasteiger partial charge in [0.1, 0.15) is 0 Å². The van der Waals surface area contributed by atoms with Crippen LogP contribution in [0.1, 0.15) is 0 Å². The predicted molar refractivity (Wildman–Crippen MR) is 69.5 cm³/mol. The monoisotopic (exact) mass is 350 g/mol. The van der Waals surface area contributed by atoms with Gasteiger partial charge in [-0.15, -0.1) is 0 Å². The van der Waals surface area contributed by atoms with Gasteiger partial charge in [0.2, 0.25) is 11.8 Å². The number of nitrogens with zero attached hydrogens (tertiary/aromatic N) is 1. The third kappa shape index (κ3) is 2.46. The average Bonchev–Trinajstić information content (AvgIpc) is 2.15. The third-order valence-electron chi connectivity index (χ3n) is 2.20. The van der Waals surface area contributed by atoms with Gasteiger partial charge < -0.3 is 4.90 Å². The van der Waals surface area contributed by atoms with Gasteiger partial charge in [-0.05, 0) is 40.8 Å². The Morgan fingerprint density at radius 3 is 2.44 bits per heavy atom. The van der Waals surface area contributed by atoms with Crippen LogP contribution in [-0.4, -0.2) is 24.9 Å². The molecule has 0 spiro atoms. The zero-order valence-corrected chi connectivity index (χ0v) is 11.1. The molecule has 1 N–H and O–H groups in total. The van der Waals surface area contributed by atoms with Gasteiger partial charge in [-0.3, -0.25) is 14.9 Å². The van der Waals surface area contributed by atoms with E-state index >= 15 is 0 Å². The summed E-state index contributed by atoms with van der Waals surface area (Å²) in [6.45, 7) is 0.396. The molecule has 0 unspecified atom stereocenters. The fraction of sp³-hybridized carbons (Fsp3) is 0.200. The summed E-state index contributed by atoms with van der Waals surface area (Å²) in [4.78, 5) is 24.2. The smallest absolute Gasteiger partial charge is 0.246 e. The lowest BCUT2D eigenvalue weighted by Gasteiger charge is -2.28. The molecule has 0 saturated carbocycles. The van der Waals surface area contributed by atoms with Crippen LogP contribution < -0.4 is 10.2 Å². The van der Waals surface area contributed by atoms with Crippen molar-refractivity contribution in [2.24, 2.45) is 0 Å². The summed E-state index contributed by atoms with van der Waals surface area (Å²) in [5.74, 6) is -0.552. The van der Waals surface area contributed by atoms with Crippen LogP contribution in [-0.2, 0) is 9.59 Å². The van der Waals surface area contributed by atoms with Crippen LogP contribution in [0.3, 0.4) is 0 Å². The highest BCUT2D eigenvalue weighted by atomic mass is 127. The summed E-state index contributed by atoms with van der Waals surface area (Å²) < 4.78 is 0.924. The molecule has 0 atom stereocenters. The molecule has 2 amide bonds. The van der Waals surface area contributed by atoms with Gasteiger partial charge in [0.15, 0.2) is 0 Å². The van der Waals surface area contributed by atoms with Gasteiger partial charge >= 0.3 is 0 Å². The Labute approximate surface area is 111 Å². The zero-order chi connectivity index (χ0) is 11.7. The lowest BCUT2D eigenvalue weighted by molar-refractivity contribution is -0.130. The molecular weight excluding hydrogens is 342 g/mol. The van der Waals surface area contributed by atoms with E-state index in [1.807, 2.05) is 6.07 Å². The minimum Gasteiger partial charge on any atom is -0.352 e. The van der Waals surface area contributed by atoms with Crippen LogP contribution in [0, 0.1) is 3.57 Å². The van der Waals surface area contributed by atoms with Crippen LogP contribution >= 0.6 is 34.2 Å². The quantitative estimate of drug-likeness (QED) is 0.615. The van der Waals surface area contributed by atoms with Crippen molar-refractivity contribution in [3.05, 3.63) is 26.8 Å². The number of anilines is 1. The van der Waals surface area contributed by atoms with Crippen molar-refractivity contribution in [3.63, 3.8) is 0 Å². The Morgan fingerprint density at radius 2 is 1.88 bits per heavy atom. The van der Waals surface area contributed by atoms with Crippen LogP contribution in [0.25, 0.3) is 0 Å². The first kappa shape index (κ1) is 11.7. The van der Waals surface area contributed by atoms with E-state index in [9.17, 15) is 9.59 Å². The van der Waals surface area contributed by atoms with Crippen LogP contribution in [0.2, 0.25) is 5.02 Å². The van der Waals surface area contributed by atoms with Gasteiger partial charge in [0, 0.05) is 8.59 Å². The Bertz CT molecular complexity index is 448. The van der Waals surface area contributed by atoms with E-state index < -0.39 is 0 Å². The number of imide groups is 1. The van der Waals surface area contributed by atoms with Crippen molar-refractivity contribution in [2.45, 2.75) is 0 Å². The van der Waals surface area contributed by atoms with Gasteiger partial charge in [0.25, 0.3) is 0 Å².